The third kappa shape index (κ3) is 3.89. The zero-order chi connectivity index (χ0) is 19.0. The Morgan fingerprint density at radius 1 is 1.22 bits per heavy atom. The fourth-order valence-electron chi connectivity index (χ4n) is 3.27. The number of aryl methyl sites for hydroxylation is 1. The predicted octanol–water partition coefficient (Wildman–Crippen LogP) is 5.19. The number of benzene rings is 1. The largest absolute Gasteiger partial charge is 0.321 e. The lowest BCUT2D eigenvalue weighted by atomic mass is 9.94. The van der Waals surface area contributed by atoms with Crippen LogP contribution in [0.3, 0.4) is 0 Å². The molecule has 0 bridgehead atoms. The van der Waals surface area contributed by atoms with Crippen molar-refractivity contribution in [1.29, 1.82) is 5.26 Å². The van der Waals surface area contributed by atoms with E-state index in [1.54, 1.807) is 0 Å². The number of aromatic nitrogens is 1. The molecule has 0 atom stereocenters. The molecule has 4 rings (SSSR count). The molecule has 2 fully saturated rings. The molecule has 1 heterocycles. The normalized spacial score (nSPS) is 18.4. The van der Waals surface area contributed by atoms with Crippen LogP contribution in [0.1, 0.15) is 67.8 Å². The van der Waals surface area contributed by atoms with E-state index in [-0.39, 0.29) is 5.54 Å². The van der Waals surface area contributed by atoms with Crippen molar-refractivity contribution in [2.75, 3.05) is 5.43 Å². The zero-order valence-electron chi connectivity index (χ0n) is 16.3. The van der Waals surface area contributed by atoms with Gasteiger partial charge < -0.3 is 5.43 Å². The molecule has 2 aliphatic rings. The Hall–Kier alpha value is -2.64. The molecule has 0 radical (unpaired) electrons. The van der Waals surface area contributed by atoms with Gasteiger partial charge in [-0.15, -0.1) is 0 Å². The first-order valence-electron chi connectivity index (χ1n) is 9.71. The van der Waals surface area contributed by atoms with Crippen molar-refractivity contribution >= 4 is 16.8 Å². The molecule has 0 amide bonds. The number of nitriles is 1. The standard InChI is InChI=1S/C23H26N4/c1-15(17-6-8-20(9-7-17)26-27-23(3)10-11-23)22(13-24)21-12-19(18-4-5-18)14-25-16(21)2/h6-9,12,14,18,26-27H,4-5,10-11H2,1-3H3/b22-15+. The third-order valence-electron chi connectivity index (χ3n) is 5.74. The topological polar surface area (TPSA) is 60.7 Å². The van der Waals surface area contributed by atoms with Crippen molar-refractivity contribution in [1.82, 2.24) is 10.4 Å². The molecular weight excluding hydrogens is 332 g/mol. The van der Waals surface area contributed by atoms with Gasteiger partial charge in [-0.25, -0.2) is 5.43 Å². The van der Waals surface area contributed by atoms with E-state index in [0.717, 1.165) is 28.1 Å². The van der Waals surface area contributed by atoms with Crippen molar-refractivity contribution < 1.29 is 0 Å². The quantitative estimate of drug-likeness (QED) is 0.551. The first-order valence-corrected chi connectivity index (χ1v) is 9.71. The molecule has 0 aliphatic heterocycles. The van der Waals surface area contributed by atoms with E-state index < -0.39 is 0 Å². The van der Waals surface area contributed by atoms with Crippen LogP contribution < -0.4 is 10.9 Å². The van der Waals surface area contributed by atoms with Crippen molar-refractivity contribution in [3.63, 3.8) is 0 Å². The average molecular weight is 358 g/mol. The maximum Gasteiger partial charge on any atom is 0.100 e. The maximum atomic E-state index is 9.86. The number of nitrogens with one attached hydrogen (secondary N) is 2. The molecular formula is C23H26N4. The Morgan fingerprint density at radius 2 is 1.93 bits per heavy atom. The van der Waals surface area contributed by atoms with E-state index in [2.05, 4.69) is 59.2 Å². The van der Waals surface area contributed by atoms with Crippen LogP contribution in [0.4, 0.5) is 5.69 Å². The van der Waals surface area contributed by atoms with E-state index >= 15 is 0 Å². The van der Waals surface area contributed by atoms with Gasteiger partial charge in [-0.2, -0.15) is 5.26 Å². The summed E-state index contributed by atoms with van der Waals surface area (Å²) in [6, 6.07) is 12.8. The number of hydrogen-bond donors (Lipinski definition) is 2. The van der Waals surface area contributed by atoms with Crippen LogP contribution in [0.15, 0.2) is 36.5 Å². The summed E-state index contributed by atoms with van der Waals surface area (Å²) in [6.07, 6.45) is 6.85. The Kier molecular flexibility index (Phi) is 4.49. The highest BCUT2D eigenvalue weighted by Crippen LogP contribution is 2.41. The first kappa shape index (κ1) is 17.8. The minimum absolute atomic E-state index is 0.236. The molecule has 0 spiro atoms. The van der Waals surface area contributed by atoms with Gasteiger partial charge in [0.15, 0.2) is 0 Å². The molecule has 2 aliphatic carbocycles. The van der Waals surface area contributed by atoms with Gasteiger partial charge in [-0.3, -0.25) is 4.98 Å². The van der Waals surface area contributed by atoms with Crippen LogP contribution in [-0.4, -0.2) is 10.5 Å². The van der Waals surface area contributed by atoms with Gasteiger partial charge in [0.1, 0.15) is 6.07 Å². The molecule has 0 unspecified atom stereocenters. The summed E-state index contributed by atoms with van der Waals surface area (Å²) >= 11 is 0. The second-order valence-corrected chi connectivity index (χ2v) is 8.18. The lowest BCUT2D eigenvalue weighted by Crippen LogP contribution is -2.33. The van der Waals surface area contributed by atoms with Gasteiger partial charge in [0, 0.05) is 28.7 Å². The summed E-state index contributed by atoms with van der Waals surface area (Å²) < 4.78 is 0. The van der Waals surface area contributed by atoms with Crippen molar-refractivity contribution in [2.24, 2.45) is 0 Å². The molecule has 4 heteroatoms. The summed E-state index contributed by atoms with van der Waals surface area (Å²) in [5.74, 6) is 0.628. The molecule has 0 saturated heterocycles. The molecule has 2 aromatic rings. The fourth-order valence-corrected chi connectivity index (χ4v) is 3.27. The maximum absolute atomic E-state index is 9.86. The van der Waals surface area contributed by atoms with Gasteiger partial charge in [-0.1, -0.05) is 12.1 Å². The summed E-state index contributed by atoms with van der Waals surface area (Å²) in [6.45, 7) is 6.22. The smallest absolute Gasteiger partial charge is 0.100 e. The number of rotatable bonds is 6. The second-order valence-electron chi connectivity index (χ2n) is 8.18. The van der Waals surface area contributed by atoms with Crippen LogP contribution in [0.2, 0.25) is 0 Å². The Labute approximate surface area is 161 Å². The van der Waals surface area contributed by atoms with E-state index in [1.807, 2.05) is 20.0 Å². The summed E-state index contributed by atoms with van der Waals surface area (Å²) in [4.78, 5) is 4.55. The minimum atomic E-state index is 0.236. The minimum Gasteiger partial charge on any atom is -0.321 e. The number of anilines is 1. The highest BCUT2D eigenvalue weighted by atomic mass is 15.4. The predicted molar refractivity (Wildman–Crippen MR) is 110 cm³/mol. The Bertz CT molecular complexity index is 926. The van der Waals surface area contributed by atoms with Crippen molar-refractivity contribution in [2.45, 2.75) is 57.9 Å². The lowest BCUT2D eigenvalue weighted by Gasteiger charge is -2.15. The monoisotopic (exact) mass is 358 g/mol. The van der Waals surface area contributed by atoms with Crippen LogP contribution in [0, 0.1) is 18.3 Å². The molecule has 2 N–H and O–H groups in total. The number of pyridine rings is 1. The second kappa shape index (κ2) is 6.83. The van der Waals surface area contributed by atoms with Crippen molar-refractivity contribution in [3.05, 3.63) is 58.9 Å². The van der Waals surface area contributed by atoms with Gasteiger partial charge in [0.2, 0.25) is 0 Å². The highest BCUT2D eigenvalue weighted by molar-refractivity contribution is 5.97. The molecule has 1 aromatic carbocycles. The zero-order valence-corrected chi connectivity index (χ0v) is 16.3. The highest BCUT2D eigenvalue weighted by Gasteiger charge is 2.36. The third-order valence-corrected chi connectivity index (χ3v) is 5.74. The van der Waals surface area contributed by atoms with Crippen molar-refractivity contribution in [3.8, 4) is 6.07 Å². The Balaban J connectivity index is 1.60. The fraction of sp³-hybridized carbons (Fsp3) is 0.391. The van der Waals surface area contributed by atoms with E-state index in [1.165, 1.54) is 31.2 Å². The number of allylic oxidation sites excluding steroid dienone is 2. The van der Waals surface area contributed by atoms with E-state index in [4.69, 9.17) is 0 Å². The molecule has 4 nitrogen and oxygen atoms in total. The molecule has 2 saturated carbocycles. The van der Waals surface area contributed by atoms with Gasteiger partial charge in [0.25, 0.3) is 0 Å². The lowest BCUT2D eigenvalue weighted by molar-refractivity contribution is 0.600. The van der Waals surface area contributed by atoms with Crippen LogP contribution >= 0.6 is 0 Å². The van der Waals surface area contributed by atoms with Crippen LogP contribution in [-0.2, 0) is 0 Å². The number of nitrogens with zero attached hydrogens (tertiary/aromatic N) is 2. The number of hydrogen-bond acceptors (Lipinski definition) is 4. The van der Waals surface area contributed by atoms with Gasteiger partial charge >= 0.3 is 0 Å². The van der Waals surface area contributed by atoms with Gasteiger partial charge in [-0.05, 0) is 87.3 Å². The molecule has 27 heavy (non-hydrogen) atoms. The first-order chi connectivity index (χ1) is 13.0. The summed E-state index contributed by atoms with van der Waals surface area (Å²) in [7, 11) is 0. The summed E-state index contributed by atoms with van der Waals surface area (Å²) in [5.41, 5.74) is 13.8. The van der Waals surface area contributed by atoms with Crippen LogP contribution in [0.5, 0.6) is 0 Å². The average Bonchev–Trinajstić information content (AvgIpc) is 3.60. The van der Waals surface area contributed by atoms with Gasteiger partial charge in [0.05, 0.1) is 5.57 Å². The SMILES string of the molecule is C/C(=C(/C#N)c1cc(C2CC2)cnc1C)c1ccc(NNC2(C)CC2)cc1. The molecule has 1 aromatic heterocycles. The molecule has 138 valence electrons. The van der Waals surface area contributed by atoms with E-state index in [0.29, 0.717) is 11.5 Å². The Morgan fingerprint density at radius 3 is 2.52 bits per heavy atom. The summed E-state index contributed by atoms with van der Waals surface area (Å²) in [5, 5.41) is 9.86. The van der Waals surface area contributed by atoms with Crippen LogP contribution in [0.25, 0.3) is 11.1 Å². The van der Waals surface area contributed by atoms with E-state index in [9.17, 15) is 5.26 Å². The number of hydrazine groups is 1.